The lowest BCUT2D eigenvalue weighted by molar-refractivity contribution is 0.102. The molecule has 2 aromatic carbocycles. The Morgan fingerprint density at radius 3 is 2.77 bits per heavy atom. The van der Waals surface area contributed by atoms with Gasteiger partial charge in [0.1, 0.15) is 5.75 Å². The van der Waals surface area contributed by atoms with Crippen LogP contribution in [-0.2, 0) is 0 Å². The summed E-state index contributed by atoms with van der Waals surface area (Å²) in [5, 5.41) is 3.75. The van der Waals surface area contributed by atoms with Crippen molar-refractivity contribution in [2.75, 3.05) is 12.4 Å². The molecule has 3 aromatic rings. The molecule has 0 aliphatic carbocycles. The minimum atomic E-state index is -0.178. The number of hydrogen-bond acceptors (Lipinski definition) is 3. The molecular formula is C18H16N2O2. The number of aryl methyl sites for hydroxylation is 1. The molecule has 110 valence electrons. The summed E-state index contributed by atoms with van der Waals surface area (Å²) in [5.41, 5.74) is 3.10. The number of benzene rings is 2. The van der Waals surface area contributed by atoms with Gasteiger partial charge in [-0.3, -0.25) is 9.78 Å². The summed E-state index contributed by atoms with van der Waals surface area (Å²) in [7, 11) is 1.59. The quantitative estimate of drug-likeness (QED) is 0.798. The van der Waals surface area contributed by atoms with Gasteiger partial charge < -0.3 is 10.1 Å². The number of carbonyl (C=O) groups excluding carboxylic acids is 1. The third kappa shape index (κ3) is 2.63. The van der Waals surface area contributed by atoms with Crippen LogP contribution in [0.2, 0.25) is 0 Å². The van der Waals surface area contributed by atoms with Crippen LogP contribution in [0.4, 0.5) is 5.69 Å². The maximum Gasteiger partial charge on any atom is 0.256 e. The van der Waals surface area contributed by atoms with Crippen LogP contribution in [0.3, 0.4) is 0 Å². The molecular weight excluding hydrogens is 276 g/mol. The Morgan fingerprint density at radius 1 is 1.14 bits per heavy atom. The van der Waals surface area contributed by atoms with Crippen LogP contribution in [0.25, 0.3) is 10.9 Å². The van der Waals surface area contributed by atoms with Crippen LogP contribution in [0.5, 0.6) is 5.75 Å². The zero-order valence-electron chi connectivity index (χ0n) is 12.5. The zero-order valence-corrected chi connectivity index (χ0v) is 12.5. The Kier molecular flexibility index (Phi) is 3.74. The number of ether oxygens (including phenoxy) is 1. The summed E-state index contributed by atoms with van der Waals surface area (Å²) >= 11 is 0. The molecule has 1 amide bonds. The first-order valence-electron chi connectivity index (χ1n) is 6.99. The first-order chi connectivity index (χ1) is 10.7. The lowest BCUT2D eigenvalue weighted by Gasteiger charge is -2.12. The molecule has 1 heterocycles. The highest BCUT2D eigenvalue weighted by atomic mass is 16.5. The normalized spacial score (nSPS) is 10.5. The standard InChI is InChI=1S/C18H16N2O2/c1-12-7-8-17(22-2)16(11-12)20-18(21)14-9-10-19-15-6-4-3-5-13(14)15/h3-11H,1-2H3,(H,20,21). The smallest absolute Gasteiger partial charge is 0.256 e. The van der Waals surface area contributed by atoms with Crippen molar-refractivity contribution in [1.82, 2.24) is 4.98 Å². The summed E-state index contributed by atoms with van der Waals surface area (Å²) in [6, 6.07) is 15.0. The Labute approximate surface area is 128 Å². The van der Waals surface area contributed by atoms with Gasteiger partial charge in [0.15, 0.2) is 0 Å². The van der Waals surface area contributed by atoms with Crippen molar-refractivity contribution in [2.45, 2.75) is 6.92 Å². The number of anilines is 1. The number of aromatic nitrogens is 1. The van der Waals surface area contributed by atoms with Gasteiger partial charge in [-0.15, -0.1) is 0 Å². The molecule has 4 heteroatoms. The molecule has 0 saturated carbocycles. The fourth-order valence-corrected chi connectivity index (χ4v) is 2.40. The molecule has 0 atom stereocenters. The molecule has 0 aliphatic heterocycles. The summed E-state index contributed by atoms with van der Waals surface area (Å²) in [5.74, 6) is 0.458. The van der Waals surface area contributed by atoms with Crippen LogP contribution in [0, 0.1) is 6.92 Å². The number of fused-ring (bicyclic) bond motifs is 1. The molecule has 0 fully saturated rings. The number of hydrogen-bond donors (Lipinski definition) is 1. The van der Waals surface area contributed by atoms with E-state index in [1.165, 1.54) is 0 Å². The van der Waals surface area contributed by atoms with Crippen molar-refractivity contribution in [2.24, 2.45) is 0 Å². The summed E-state index contributed by atoms with van der Waals surface area (Å²) in [4.78, 5) is 16.9. The maximum atomic E-state index is 12.6. The number of pyridine rings is 1. The molecule has 22 heavy (non-hydrogen) atoms. The SMILES string of the molecule is COc1ccc(C)cc1NC(=O)c1ccnc2ccccc12. The Morgan fingerprint density at radius 2 is 1.95 bits per heavy atom. The second kappa shape index (κ2) is 5.85. The summed E-state index contributed by atoms with van der Waals surface area (Å²) < 4.78 is 5.30. The molecule has 1 N–H and O–H groups in total. The van der Waals surface area contributed by atoms with Gasteiger partial charge in [0, 0.05) is 11.6 Å². The highest BCUT2D eigenvalue weighted by Crippen LogP contribution is 2.26. The highest BCUT2D eigenvalue weighted by molar-refractivity contribution is 6.12. The number of nitrogens with zero attached hydrogens (tertiary/aromatic N) is 1. The van der Waals surface area contributed by atoms with Gasteiger partial charge in [0.2, 0.25) is 0 Å². The van der Waals surface area contributed by atoms with E-state index in [0.29, 0.717) is 17.0 Å². The molecule has 0 spiro atoms. The minimum Gasteiger partial charge on any atom is -0.495 e. The predicted octanol–water partition coefficient (Wildman–Crippen LogP) is 3.80. The molecule has 1 aromatic heterocycles. The van der Waals surface area contributed by atoms with Crippen molar-refractivity contribution >= 4 is 22.5 Å². The van der Waals surface area contributed by atoms with Gasteiger partial charge >= 0.3 is 0 Å². The van der Waals surface area contributed by atoms with Gasteiger partial charge in [-0.2, -0.15) is 0 Å². The van der Waals surface area contributed by atoms with Gasteiger partial charge in [-0.05, 0) is 36.8 Å². The van der Waals surface area contributed by atoms with Crippen molar-refractivity contribution in [3.05, 3.63) is 65.9 Å². The number of amides is 1. The van der Waals surface area contributed by atoms with Crippen LogP contribution in [0.1, 0.15) is 15.9 Å². The van der Waals surface area contributed by atoms with E-state index in [9.17, 15) is 4.79 Å². The van der Waals surface area contributed by atoms with Crippen molar-refractivity contribution < 1.29 is 9.53 Å². The molecule has 0 aliphatic rings. The number of carbonyl (C=O) groups is 1. The molecule has 4 nitrogen and oxygen atoms in total. The molecule has 0 unspecified atom stereocenters. The van der Waals surface area contributed by atoms with Crippen molar-refractivity contribution in [1.29, 1.82) is 0 Å². The minimum absolute atomic E-state index is 0.178. The van der Waals surface area contributed by atoms with E-state index in [2.05, 4.69) is 10.3 Å². The van der Waals surface area contributed by atoms with E-state index >= 15 is 0 Å². The molecule has 0 saturated heterocycles. The largest absolute Gasteiger partial charge is 0.495 e. The maximum absolute atomic E-state index is 12.6. The first-order valence-corrected chi connectivity index (χ1v) is 6.99. The predicted molar refractivity (Wildman–Crippen MR) is 87.4 cm³/mol. The molecule has 3 rings (SSSR count). The van der Waals surface area contributed by atoms with E-state index < -0.39 is 0 Å². The molecule has 0 bridgehead atoms. The fraction of sp³-hybridized carbons (Fsp3) is 0.111. The van der Waals surface area contributed by atoms with E-state index in [4.69, 9.17) is 4.74 Å². The van der Waals surface area contributed by atoms with Crippen molar-refractivity contribution in [3.8, 4) is 5.75 Å². The summed E-state index contributed by atoms with van der Waals surface area (Å²) in [6.07, 6.45) is 1.64. The van der Waals surface area contributed by atoms with Crippen LogP contribution in [-0.4, -0.2) is 18.0 Å². The zero-order chi connectivity index (χ0) is 15.5. The second-order valence-electron chi connectivity index (χ2n) is 5.03. The number of rotatable bonds is 3. The van der Waals surface area contributed by atoms with Crippen molar-refractivity contribution in [3.63, 3.8) is 0 Å². The van der Waals surface area contributed by atoms with Crippen LogP contribution in [0.15, 0.2) is 54.7 Å². The van der Waals surface area contributed by atoms with Crippen LogP contribution >= 0.6 is 0 Å². The third-order valence-corrected chi connectivity index (χ3v) is 3.50. The van der Waals surface area contributed by atoms with Gasteiger partial charge in [-0.25, -0.2) is 0 Å². The Hall–Kier alpha value is -2.88. The Bertz CT molecular complexity index is 838. The van der Waals surface area contributed by atoms with E-state index in [-0.39, 0.29) is 5.91 Å². The lowest BCUT2D eigenvalue weighted by atomic mass is 10.1. The fourth-order valence-electron chi connectivity index (χ4n) is 2.40. The van der Waals surface area contributed by atoms with E-state index in [0.717, 1.165) is 16.5 Å². The van der Waals surface area contributed by atoms with Gasteiger partial charge in [0.05, 0.1) is 23.9 Å². The van der Waals surface area contributed by atoms with E-state index in [1.54, 1.807) is 19.4 Å². The number of methoxy groups -OCH3 is 1. The van der Waals surface area contributed by atoms with E-state index in [1.807, 2.05) is 49.4 Å². The van der Waals surface area contributed by atoms with Gasteiger partial charge in [0.25, 0.3) is 5.91 Å². The highest BCUT2D eigenvalue weighted by Gasteiger charge is 2.13. The average Bonchev–Trinajstić information content (AvgIpc) is 2.54. The lowest BCUT2D eigenvalue weighted by Crippen LogP contribution is -2.13. The Balaban J connectivity index is 1.99. The third-order valence-electron chi connectivity index (χ3n) is 3.50. The first kappa shape index (κ1) is 14.1. The van der Waals surface area contributed by atoms with Crippen LogP contribution < -0.4 is 10.1 Å². The summed E-state index contributed by atoms with van der Waals surface area (Å²) in [6.45, 7) is 1.97. The average molecular weight is 292 g/mol. The topological polar surface area (TPSA) is 51.2 Å². The number of nitrogens with one attached hydrogen (secondary N) is 1. The number of para-hydroxylation sites is 1. The monoisotopic (exact) mass is 292 g/mol. The van der Waals surface area contributed by atoms with Gasteiger partial charge in [-0.1, -0.05) is 24.3 Å². The molecule has 0 radical (unpaired) electrons. The second-order valence-corrected chi connectivity index (χ2v) is 5.03.